The van der Waals surface area contributed by atoms with Gasteiger partial charge in [0, 0.05) is 0 Å². The van der Waals surface area contributed by atoms with Crippen molar-refractivity contribution in [2.24, 2.45) is 5.41 Å². The van der Waals surface area contributed by atoms with Crippen molar-refractivity contribution in [1.29, 1.82) is 0 Å². The van der Waals surface area contributed by atoms with Gasteiger partial charge in [0.2, 0.25) is 0 Å². The lowest BCUT2D eigenvalue weighted by Gasteiger charge is -2.32. The zero-order valence-corrected chi connectivity index (χ0v) is 11.6. The maximum absolute atomic E-state index is 10.0. The van der Waals surface area contributed by atoms with Gasteiger partial charge in [0.1, 0.15) is 0 Å². The molecule has 0 saturated heterocycles. The smallest absolute Gasteiger partial charge is 0.0732 e. The summed E-state index contributed by atoms with van der Waals surface area (Å²) in [7, 11) is 0. The fraction of sp³-hybridized carbons (Fsp3) is 0.333. The molecule has 1 N–H and O–H groups in total. The van der Waals surface area contributed by atoms with Gasteiger partial charge >= 0.3 is 0 Å². The van der Waals surface area contributed by atoms with Gasteiger partial charge < -0.3 is 5.11 Å². The number of fused-ring (bicyclic) bond motifs is 1. The Bertz CT molecular complexity index is 637. The molecule has 0 aliphatic heterocycles. The fourth-order valence-electron chi connectivity index (χ4n) is 3.09. The molecule has 0 aromatic heterocycles. The van der Waals surface area contributed by atoms with Crippen LogP contribution in [0.2, 0.25) is 0 Å². The van der Waals surface area contributed by atoms with Crippen molar-refractivity contribution >= 4 is 16.3 Å². The Kier molecular flexibility index (Phi) is 2.94. The highest BCUT2D eigenvalue weighted by Crippen LogP contribution is 2.39. The zero-order valence-electron chi connectivity index (χ0n) is 11.6. The molecule has 0 fully saturated rings. The van der Waals surface area contributed by atoms with E-state index >= 15 is 0 Å². The van der Waals surface area contributed by atoms with E-state index in [1.165, 1.54) is 21.9 Å². The van der Waals surface area contributed by atoms with Crippen molar-refractivity contribution in [1.82, 2.24) is 0 Å². The number of hydrogen-bond acceptors (Lipinski definition) is 1. The third-order valence-electron chi connectivity index (χ3n) is 3.94. The third-order valence-corrected chi connectivity index (χ3v) is 3.94. The van der Waals surface area contributed by atoms with E-state index in [1.54, 1.807) is 0 Å². The molecule has 0 saturated carbocycles. The average Bonchev–Trinajstić information content (AvgIpc) is 2.36. The van der Waals surface area contributed by atoms with Gasteiger partial charge in [0.05, 0.1) is 6.10 Å². The maximum atomic E-state index is 10.0. The second-order valence-electron chi connectivity index (χ2n) is 6.37. The van der Waals surface area contributed by atoms with Crippen LogP contribution < -0.4 is 0 Å². The minimum atomic E-state index is -0.315. The normalized spacial score (nSPS) is 22.3. The first kappa shape index (κ1) is 12.4. The standard InChI is InChI=1S/C18H20O/c1-18(2)11-16(10-17(19)12-18)15-8-7-13-5-3-4-6-14(13)9-15/h3-10,17,19H,11-12H2,1-2H3. The Balaban J connectivity index is 2.04. The molecule has 0 bridgehead atoms. The van der Waals surface area contributed by atoms with Gasteiger partial charge in [-0.15, -0.1) is 0 Å². The molecule has 2 aromatic carbocycles. The largest absolute Gasteiger partial charge is 0.389 e. The quantitative estimate of drug-likeness (QED) is 0.797. The van der Waals surface area contributed by atoms with Crippen LogP contribution in [0.15, 0.2) is 48.5 Å². The molecule has 1 unspecified atom stereocenters. The van der Waals surface area contributed by atoms with Crippen LogP contribution in [0.4, 0.5) is 0 Å². The van der Waals surface area contributed by atoms with E-state index in [2.05, 4.69) is 56.3 Å². The Labute approximate surface area is 114 Å². The van der Waals surface area contributed by atoms with Crippen LogP contribution >= 0.6 is 0 Å². The van der Waals surface area contributed by atoms with Crippen LogP contribution in [0.1, 0.15) is 32.3 Å². The highest BCUT2D eigenvalue weighted by atomic mass is 16.3. The highest BCUT2D eigenvalue weighted by Gasteiger charge is 2.28. The monoisotopic (exact) mass is 252 g/mol. The van der Waals surface area contributed by atoms with E-state index < -0.39 is 0 Å². The lowest BCUT2D eigenvalue weighted by molar-refractivity contribution is 0.146. The molecule has 1 nitrogen and oxygen atoms in total. The summed E-state index contributed by atoms with van der Waals surface area (Å²) in [5.41, 5.74) is 2.69. The van der Waals surface area contributed by atoms with Crippen LogP contribution in [-0.4, -0.2) is 11.2 Å². The molecule has 19 heavy (non-hydrogen) atoms. The minimum absolute atomic E-state index is 0.176. The predicted molar refractivity (Wildman–Crippen MR) is 80.9 cm³/mol. The van der Waals surface area contributed by atoms with Crippen LogP contribution in [0.5, 0.6) is 0 Å². The molecule has 98 valence electrons. The first-order valence-electron chi connectivity index (χ1n) is 6.91. The number of allylic oxidation sites excluding steroid dienone is 1. The van der Waals surface area contributed by atoms with Crippen molar-refractivity contribution in [2.75, 3.05) is 0 Å². The number of rotatable bonds is 1. The molecule has 2 aromatic rings. The first-order chi connectivity index (χ1) is 9.03. The average molecular weight is 252 g/mol. The van der Waals surface area contributed by atoms with Crippen LogP contribution in [-0.2, 0) is 0 Å². The van der Waals surface area contributed by atoms with Crippen molar-refractivity contribution in [3.05, 3.63) is 54.1 Å². The van der Waals surface area contributed by atoms with E-state index in [1.807, 2.05) is 6.08 Å². The van der Waals surface area contributed by atoms with Crippen molar-refractivity contribution in [3.63, 3.8) is 0 Å². The fourth-order valence-corrected chi connectivity index (χ4v) is 3.09. The topological polar surface area (TPSA) is 20.2 Å². The Morgan fingerprint density at radius 2 is 1.79 bits per heavy atom. The Morgan fingerprint density at radius 1 is 1.05 bits per heavy atom. The van der Waals surface area contributed by atoms with Crippen molar-refractivity contribution in [2.45, 2.75) is 32.8 Å². The molecular weight excluding hydrogens is 232 g/mol. The lowest BCUT2D eigenvalue weighted by atomic mass is 9.74. The number of benzene rings is 2. The van der Waals surface area contributed by atoms with E-state index in [9.17, 15) is 5.11 Å². The zero-order chi connectivity index (χ0) is 13.5. The molecule has 3 rings (SSSR count). The number of hydrogen-bond donors (Lipinski definition) is 1. The van der Waals surface area contributed by atoms with E-state index in [4.69, 9.17) is 0 Å². The van der Waals surface area contributed by atoms with Crippen LogP contribution in [0, 0.1) is 5.41 Å². The Hall–Kier alpha value is -1.60. The predicted octanol–water partition coefficient (Wildman–Crippen LogP) is 4.40. The molecular formula is C18H20O. The number of aliphatic hydroxyl groups is 1. The van der Waals surface area contributed by atoms with Crippen LogP contribution in [0.3, 0.4) is 0 Å². The SMILES string of the molecule is CC1(C)CC(c2ccc3ccccc3c2)=CC(O)C1. The van der Waals surface area contributed by atoms with Crippen molar-refractivity contribution in [3.8, 4) is 0 Å². The van der Waals surface area contributed by atoms with E-state index in [-0.39, 0.29) is 11.5 Å². The summed E-state index contributed by atoms with van der Waals surface area (Å²) in [6.07, 6.45) is 3.59. The van der Waals surface area contributed by atoms with Gasteiger partial charge in [-0.05, 0) is 46.2 Å². The van der Waals surface area contributed by atoms with Gasteiger partial charge in [0.15, 0.2) is 0 Å². The molecule has 1 aliphatic carbocycles. The van der Waals surface area contributed by atoms with Gasteiger partial charge in [-0.1, -0.05) is 56.3 Å². The van der Waals surface area contributed by atoms with Crippen LogP contribution in [0.25, 0.3) is 16.3 Å². The summed E-state index contributed by atoms with van der Waals surface area (Å²) in [6, 6.07) is 15.0. The lowest BCUT2D eigenvalue weighted by Crippen LogP contribution is -2.24. The molecule has 0 spiro atoms. The summed E-state index contributed by atoms with van der Waals surface area (Å²) in [5, 5.41) is 12.5. The highest BCUT2D eigenvalue weighted by molar-refractivity contribution is 5.86. The maximum Gasteiger partial charge on any atom is 0.0732 e. The summed E-state index contributed by atoms with van der Waals surface area (Å²) < 4.78 is 0. The van der Waals surface area contributed by atoms with E-state index in [0.29, 0.717) is 0 Å². The molecule has 0 heterocycles. The summed E-state index contributed by atoms with van der Waals surface area (Å²) in [5.74, 6) is 0. The second-order valence-corrected chi connectivity index (χ2v) is 6.37. The van der Waals surface area contributed by atoms with Gasteiger partial charge in [0.25, 0.3) is 0 Å². The number of aliphatic hydroxyl groups excluding tert-OH is 1. The summed E-state index contributed by atoms with van der Waals surface area (Å²) >= 11 is 0. The Morgan fingerprint density at radius 3 is 2.53 bits per heavy atom. The van der Waals surface area contributed by atoms with Gasteiger partial charge in [-0.2, -0.15) is 0 Å². The minimum Gasteiger partial charge on any atom is -0.389 e. The van der Waals surface area contributed by atoms with Crippen molar-refractivity contribution < 1.29 is 5.11 Å². The van der Waals surface area contributed by atoms with Gasteiger partial charge in [-0.25, -0.2) is 0 Å². The first-order valence-corrected chi connectivity index (χ1v) is 6.91. The molecule has 0 amide bonds. The molecule has 1 heteroatoms. The molecule has 1 aliphatic rings. The van der Waals surface area contributed by atoms with E-state index in [0.717, 1.165) is 12.8 Å². The third kappa shape index (κ3) is 2.57. The second kappa shape index (κ2) is 4.50. The summed E-state index contributed by atoms with van der Waals surface area (Å²) in [4.78, 5) is 0. The van der Waals surface area contributed by atoms with Gasteiger partial charge in [-0.3, -0.25) is 0 Å². The molecule has 1 atom stereocenters. The summed E-state index contributed by atoms with van der Waals surface area (Å²) in [6.45, 7) is 4.45. The molecule has 0 radical (unpaired) electrons.